The Morgan fingerprint density at radius 2 is 1.93 bits per heavy atom. The number of esters is 2. The van der Waals surface area contributed by atoms with Crippen LogP contribution in [0.5, 0.6) is 0 Å². The molecule has 5 atom stereocenters. The van der Waals surface area contributed by atoms with Crippen molar-refractivity contribution in [2.24, 2.45) is 22.7 Å². The van der Waals surface area contributed by atoms with Gasteiger partial charge < -0.3 is 14.6 Å². The summed E-state index contributed by atoms with van der Waals surface area (Å²) in [5.74, 6) is 0.0359. The fraction of sp³-hybridized carbons (Fsp3) is 0.760. The van der Waals surface area contributed by atoms with Gasteiger partial charge in [0.25, 0.3) is 0 Å². The lowest BCUT2D eigenvalue weighted by Gasteiger charge is -2.58. The number of fused-ring (bicyclic) bond motifs is 1. The summed E-state index contributed by atoms with van der Waals surface area (Å²) in [5, 5.41) is 10.4. The van der Waals surface area contributed by atoms with Crippen molar-refractivity contribution in [1.29, 1.82) is 0 Å². The fourth-order valence-corrected chi connectivity index (χ4v) is 5.95. The summed E-state index contributed by atoms with van der Waals surface area (Å²) < 4.78 is 10.2. The molecule has 2 aliphatic carbocycles. The number of hydrogen-bond acceptors (Lipinski definition) is 5. The van der Waals surface area contributed by atoms with Crippen LogP contribution in [0.15, 0.2) is 24.8 Å². The number of carbonyl (C=O) groups is 2. The molecule has 1 N–H and O–H groups in total. The smallest absolute Gasteiger partial charge is 0.306 e. The van der Waals surface area contributed by atoms with Crippen LogP contribution in [0.2, 0.25) is 0 Å². The van der Waals surface area contributed by atoms with Crippen molar-refractivity contribution >= 4 is 11.9 Å². The van der Waals surface area contributed by atoms with Gasteiger partial charge in [0.2, 0.25) is 0 Å². The average Bonchev–Trinajstić information content (AvgIpc) is 2.69. The van der Waals surface area contributed by atoms with E-state index in [0.29, 0.717) is 24.9 Å². The van der Waals surface area contributed by atoms with Crippen LogP contribution < -0.4 is 0 Å². The molecule has 0 saturated heterocycles. The molecule has 0 spiro atoms. The quantitative estimate of drug-likeness (QED) is 0.421. The van der Waals surface area contributed by atoms with E-state index in [-0.39, 0.29) is 29.6 Å². The van der Waals surface area contributed by atoms with E-state index in [1.807, 2.05) is 6.92 Å². The second kappa shape index (κ2) is 9.67. The number of methoxy groups -OCH3 is 1. The maximum absolute atomic E-state index is 12.2. The summed E-state index contributed by atoms with van der Waals surface area (Å²) in [5.41, 5.74) is 0.413. The monoisotopic (exact) mass is 420 g/mol. The SMILES string of the molecule is C=C[C@@](C)(O)CC[C@H]1C(=C)CC[C@H]2[C@](C)(COC(=O)CCC(=O)OC)CCC[C@]12C. The van der Waals surface area contributed by atoms with Crippen molar-refractivity contribution in [3.63, 3.8) is 0 Å². The number of rotatable bonds is 9. The molecule has 2 saturated carbocycles. The molecule has 2 fully saturated rings. The second-order valence-electron chi connectivity index (χ2n) is 10.2. The third-order valence-electron chi connectivity index (χ3n) is 7.85. The van der Waals surface area contributed by atoms with E-state index < -0.39 is 11.6 Å². The molecule has 0 unspecified atom stereocenters. The largest absolute Gasteiger partial charge is 0.469 e. The summed E-state index contributed by atoms with van der Waals surface area (Å²) in [4.78, 5) is 23.4. The van der Waals surface area contributed by atoms with Crippen LogP contribution in [0.3, 0.4) is 0 Å². The average molecular weight is 421 g/mol. The summed E-state index contributed by atoms with van der Waals surface area (Å²) in [6.45, 7) is 15.0. The van der Waals surface area contributed by atoms with E-state index in [9.17, 15) is 14.7 Å². The first-order valence-electron chi connectivity index (χ1n) is 11.2. The fourth-order valence-electron chi connectivity index (χ4n) is 5.95. The van der Waals surface area contributed by atoms with Gasteiger partial charge in [0.1, 0.15) is 0 Å². The molecule has 0 aromatic rings. The van der Waals surface area contributed by atoms with Gasteiger partial charge in [-0.05, 0) is 62.7 Å². The maximum Gasteiger partial charge on any atom is 0.306 e. The molecular formula is C25H40O5. The zero-order valence-electron chi connectivity index (χ0n) is 19.3. The molecule has 2 aliphatic rings. The van der Waals surface area contributed by atoms with Gasteiger partial charge in [0.05, 0.1) is 32.2 Å². The van der Waals surface area contributed by atoms with Gasteiger partial charge >= 0.3 is 11.9 Å². The highest BCUT2D eigenvalue weighted by atomic mass is 16.5. The zero-order valence-corrected chi connectivity index (χ0v) is 19.3. The Kier molecular flexibility index (Phi) is 7.95. The zero-order chi connectivity index (χ0) is 22.6. The molecule has 0 aliphatic heterocycles. The molecule has 170 valence electrons. The van der Waals surface area contributed by atoms with E-state index in [4.69, 9.17) is 4.74 Å². The molecule has 5 nitrogen and oxygen atoms in total. The maximum atomic E-state index is 12.2. The first-order valence-corrected chi connectivity index (χ1v) is 11.2. The highest BCUT2D eigenvalue weighted by molar-refractivity contribution is 5.77. The van der Waals surface area contributed by atoms with Gasteiger partial charge in [-0.3, -0.25) is 9.59 Å². The van der Waals surface area contributed by atoms with Crippen LogP contribution in [0.4, 0.5) is 0 Å². The van der Waals surface area contributed by atoms with E-state index >= 15 is 0 Å². The molecule has 30 heavy (non-hydrogen) atoms. The number of allylic oxidation sites excluding steroid dienone is 1. The Labute approximate surface area is 181 Å². The van der Waals surface area contributed by atoms with E-state index in [1.165, 1.54) is 12.7 Å². The number of aliphatic hydroxyl groups is 1. The van der Waals surface area contributed by atoms with Crippen molar-refractivity contribution in [3.8, 4) is 0 Å². The first kappa shape index (κ1) is 24.6. The van der Waals surface area contributed by atoms with Gasteiger partial charge in [-0.2, -0.15) is 0 Å². The first-order chi connectivity index (χ1) is 14.0. The van der Waals surface area contributed by atoms with Crippen LogP contribution in [0.25, 0.3) is 0 Å². The highest BCUT2D eigenvalue weighted by Gasteiger charge is 2.54. The third kappa shape index (κ3) is 5.54. The molecule has 0 amide bonds. The van der Waals surface area contributed by atoms with Crippen LogP contribution in [0.1, 0.15) is 78.6 Å². The van der Waals surface area contributed by atoms with Crippen molar-refractivity contribution in [3.05, 3.63) is 24.8 Å². The molecule has 0 aromatic heterocycles. The van der Waals surface area contributed by atoms with Crippen LogP contribution in [-0.4, -0.2) is 36.4 Å². The number of carbonyl (C=O) groups excluding carboxylic acids is 2. The summed E-state index contributed by atoms with van der Waals surface area (Å²) in [6.07, 6.45) is 8.57. The Bertz CT molecular complexity index is 666. The number of ether oxygens (including phenoxy) is 2. The third-order valence-corrected chi connectivity index (χ3v) is 7.85. The van der Waals surface area contributed by atoms with Gasteiger partial charge in [0.15, 0.2) is 0 Å². The van der Waals surface area contributed by atoms with Crippen LogP contribution >= 0.6 is 0 Å². The van der Waals surface area contributed by atoms with Crippen molar-refractivity contribution in [1.82, 2.24) is 0 Å². The summed E-state index contributed by atoms with van der Waals surface area (Å²) in [6, 6.07) is 0. The minimum atomic E-state index is -0.864. The topological polar surface area (TPSA) is 72.8 Å². The minimum Gasteiger partial charge on any atom is -0.469 e. The van der Waals surface area contributed by atoms with E-state index in [2.05, 4.69) is 31.7 Å². The molecule has 0 aromatic carbocycles. The van der Waals surface area contributed by atoms with Crippen LogP contribution in [-0.2, 0) is 19.1 Å². The van der Waals surface area contributed by atoms with E-state index in [0.717, 1.165) is 38.5 Å². The second-order valence-corrected chi connectivity index (χ2v) is 10.2. The minimum absolute atomic E-state index is 0.0539. The molecule has 0 radical (unpaired) electrons. The lowest BCUT2D eigenvalue weighted by atomic mass is 9.46. The Balaban J connectivity index is 2.09. The Morgan fingerprint density at radius 3 is 2.57 bits per heavy atom. The summed E-state index contributed by atoms with van der Waals surface area (Å²) >= 11 is 0. The predicted molar refractivity (Wildman–Crippen MR) is 118 cm³/mol. The Hall–Kier alpha value is -1.62. The van der Waals surface area contributed by atoms with Crippen molar-refractivity contribution in [2.75, 3.05) is 13.7 Å². The van der Waals surface area contributed by atoms with Crippen molar-refractivity contribution < 1.29 is 24.2 Å². The van der Waals surface area contributed by atoms with Gasteiger partial charge in [-0.1, -0.05) is 38.5 Å². The standard InChI is InChI=1S/C25H40O5/c1-7-24(4,28)16-13-19-18(2)9-10-20-23(3,14-8-15-25(19,20)5)17-30-22(27)12-11-21(26)29-6/h7,19-20,28H,1-2,8-17H2,3-6H3/t19-,20-,23-,24+,25+/m0/s1. The lowest BCUT2D eigenvalue weighted by molar-refractivity contribution is -0.157. The lowest BCUT2D eigenvalue weighted by Crippen LogP contribution is -2.52. The van der Waals surface area contributed by atoms with Crippen LogP contribution in [0, 0.1) is 22.7 Å². The van der Waals surface area contributed by atoms with Gasteiger partial charge in [0, 0.05) is 5.41 Å². The van der Waals surface area contributed by atoms with E-state index in [1.54, 1.807) is 6.08 Å². The van der Waals surface area contributed by atoms with Gasteiger partial charge in [-0.25, -0.2) is 0 Å². The highest BCUT2D eigenvalue weighted by Crippen LogP contribution is 2.62. The molecule has 5 heteroatoms. The predicted octanol–water partition coefficient (Wildman–Crippen LogP) is 4.98. The van der Waals surface area contributed by atoms with Gasteiger partial charge in [-0.15, -0.1) is 6.58 Å². The number of hydrogen-bond donors (Lipinski definition) is 1. The van der Waals surface area contributed by atoms with Crippen molar-refractivity contribution in [2.45, 2.75) is 84.2 Å². The molecular weight excluding hydrogens is 380 g/mol. The Morgan fingerprint density at radius 1 is 1.27 bits per heavy atom. The normalized spacial score (nSPS) is 33.2. The molecule has 2 rings (SSSR count). The summed E-state index contributed by atoms with van der Waals surface area (Å²) in [7, 11) is 1.32. The molecule has 0 heterocycles. The molecule has 0 bridgehead atoms.